The number of hydrogen-bond donors (Lipinski definition) is 4. The summed E-state index contributed by atoms with van der Waals surface area (Å²) in [5, 5.41) is 23.1. The third-order valence-electron chi connectivity index (χ3n) is 5.37. The maximum absolute atomic E-state index is 13.5. The van der Waals surface area contributed by atoms with Crippen molar-refractivity contribution in [3.05, 3.63) is 71.2 Å². The van der Waals surface area contributed by atoms with Crippen molar-refractivity contribution in [2.24, 2.45) is 5.73 Å². The minimum atomic E-state index is -4.10. The van der Waals surface area contributed by atoms with Crippen molar-refractivity contribution in [2.45, 2.75) is 11.0 Å². The summed E-state index contributed by atoms with van der Waals surface area (Å²) in [5.74, 6) is -0.471. The molecule has 0 bridgehead atoms. The molecule has 0 aliphatic rings. The maximum Gasteiger partial charge on any atom is 0.243 e. The van der Waals surface area contributed by atoms with Crippen LogP contribution in [0.1, 0.15) is 5.56 Å². The lowest BCUT2D eigenvalue weighted by Crippen LogP contribution is -2.45. The molecule has 0 aliphatic heterocycles. The Balaban J connectivity index is 1.80. The number of nitrogens with one attached hydrogen (secondary N) is 2. The van der Waals surface area contributed by atoms with E-state index < -0.39 is 28.6 Å². The molecule has 9 nitrogen and oxygen atoms in total. The van der Waals surface area contributed by atoms with Crippen molar-refractivity contribution < 1.29 is 18.3 Å². The second-order valence-corrected chi connectivity index (χ2v) is 10.6. The summed E-state index contributed by atoms with van der Waals surface area (Å²) in [4.78, 5) is 13.7. The number of carbonyl (C=O) groups excluding carboxylic acids is 1. The van der Waals surface area contributed by atoms with E-state index in [0.717, 1.165) is 9.69 Å². The van der Waals surface area contributed by atoms with E-state index in [-0.39, 0.29) is 23.8 Å². The average molecular weight is 518 g/mol. The van der Waals surface area contributed by atoms with Gasteiger partial charge in [0.1, 0.15) is 5.84 Å². The Hall–Kier alpha value is -3.18. The summed E-state index contributed by atoms with van der Waals surface area (Å²) >= 11 is 6.02. The fourth-order valence-corrected chi connectivity index (χ4v) is 4.99. The number of aliphatic hydroxyl groups excluding tert-OH is 1. The van der Waals surface area contributed by atoms with Gasteiger partial charge in [-0.1, -0.05) is 23.7 Å². The number of sulfonamides is 1. The van der Waals surface area contributed by atoms with E-state index in [9.17, 15) is 18.3 Å². The van der Waals surface area contributed by atoms with E-state index in [4.69, 9.17) is 22.7 Å². The molecule has 0 radical (unpaired) electrons. The van der Waals surface area contributed by atoms with Crippen molar-refractivity contribution in [3.63, 3.8) is 0 Å². The van der Waals surface area contributed by atoms with Gasteiger partial charge in [0.25, 0.3) is 0 Å². The largest absolute Gasteiger partial charge is 0.390 e. The second-order valence-electron chi connectivity index (χ2n) is 8.26. The highest BCUT2D eigenvalue weighted by molar-refractivity contribution is 7.89. The van der Waals surface area contributed by atoms with Gasteiger partial charge in [-0.25, -0.2) is 8.42 Å². The normalized spacial score (nSPS) is 12.5. The van der Waals surface area contributed by atoms with Crippen LogP contribution in [0.4, 0.5) is 5.69 Å². The predicted octanol–water partition coefficient (Wildman–Crippen LogP) is 2.33. The molecule has 0 heterocycles. The number of likely N-dealkylation sites (N-methyl/N-ethyl adjacent to an activating group) is 1. The molecule has 11 heteroatoms. The quantitative estimate of drug-likeness (QED) is 0.240. The first-order chi connectivity index (χ1) is 16.5. The lowest BCUT2D eigenvalue weighted by atomic mass is 10.1. The number of fused-ring (bicyclic) bond motifs is 1. The maximum atomic E-state index is 13.5. The smallest absolute Gasteiger partial charge is 0.243 e. The van der Waals surface area contributed by atoms with Gasteiger partial charge < -0.3 is 21.1 Å². The molecule has 0 fully saturated rings. The molecular weight excluding hydrogens is 490 g/mol. The Morgan fingerprint density at radius 2 is 1.71 bits per heavy atom. The van der Waals surface area contributed by atoms with Crippen molar-refractivity contribution >= 4 is 49.8 Å². The molecule has 0 saturated carbocycles. The Morgan fingerprint density at radius 3 is 2.34 bits per heavy atom. The van der Waals surface area contributed by atoms with E-state index in [1.54, 1.807) is 48.5 Å². The molecule has 1 unspecified atom stereocenters. The van der Waals surface area contributed by atoms with Gasteiger partial charge in [0.2, 0.25) is 15.9 Å². The number of anilines is 1. The van der Waals surface area contributed by atoms with Crippen LogP contribution in [0, 0.1) is 5.41 Å². The van der Waals surface area contributed by atoms with Gasteiger partial charge >= 0.3 is 0 Å². The number of amidine groups is 1. The van der Waals surface area contributed by atoms with Gasteiger partial charge in [-0.15, -0.1) is 0 Å². The zero-order valence-corrected chi connectivity index (χ0v) is 21.0. The van der Waals surface area contributed by atoms with E-state index in [0.29, 0.717) is 21.7 Å². The molecule has 3 aromatic rings. The first-order valence-corrected chi connectivity index (χ1v) is 12.5. The number of nitrogens with two attached hydrogens (primary N) is 1. The zero-order chi connectivity index (χ0) is 25.8. The predicted molar refractivity (Wildman–Crippen MR) is 138 cm³/mol. The number of nitrogens with zero attached hydrogens (tertiary/aromatic N) is 2. The Morgan fingerprint density at radius 1 is 1.09 bits per heavy atom. The third-order valence-corrected chi connectivity index (χ3v) is 7.42. The van der Waals surface area contributed by atoms with Crippen molar-refractivity contribution in [2.75, 3.05) is 39.0 Å². The summed E-state index contributed by atoms with van der Waals surface area (Å²) in [6.45, 7) is -0.671. The highest BCUT2D eigenvalue weighted by Crippen LogP contribution is 2.25. The van der Waals surface area contributed by atoms with Gasteiger partial charge in [-0.3, -0.25) is 10.2 Å². The lowest BCUT2D eigenvalue weighted by Gasteiger charge is -2.26. The summed E-state index contributed by atoms with van der Waals surface area (Å²) in [6, 6.07) is 16.5. The molecule has 0 spiro atoms. The summed E-state index contributed by atoms with van der Waals surface area (Å²) in [6.07, 6.45) is -1.11. The molecule has 1 atom stereocenters. The van der Waals surface area contributed by atoms with Crippen molar-refractivity contribution in [1.82, 2.24) is 9.21 Å². The standard InChI is InChI=1S/C24H28ClN5O4S/c1-29(2)23(32)15-30(14-21(31)13-28-20-8-4-16(5-9-20)24(26)27)35(33,34)22-10-6-17-11-19(25)7-3-18(17)12-22/h3-12,21,28,31H,13-15H2,1-2H3,(H3,26,27). The van der Waals surface area contributed by atoms with Crippen LogP contribution in [0.2, 0.25) is 5.02 Å². The molecule has 1 amide bonds. The number of aliphatic hydroxyl groups is 1. The first kappa shape index (κ1) is 26.4. The Bertz CT molecular complexity index is 1330. The monoisotopic (exact) mass is 517 g/mol. The minimum Gasteiger partial charge on any atom is -0.390 e. The van der Waals surface area contributed by atoms with Gasteiger partial charge in [0, 0.05) is 43.5 Å². The number of nitrogen functional groups attached to an aromatic ring is 1. The average Bonchev–Trinajstić information content (AvgIpc) is 2.81. The Kier molecular flexibility index (Phi) is 8.34. The molecule has 3 aromatic carbocycles. The molecular formula is C24H28ClN5O4S. The summed E-state index contributed by atoms with van der Waals surface area (Å²) < 4.78 is 27.9. The van der Waals surface area contributed by atoms with Crippen molar-refractivity contribution in [1.29, 1.82) is 5.41 Å². The fourth-order valence-electron chi connectivity index (χ4n) is 3.35. The summed E-state index contributed by atoms with van der Waals surface area (Å²) in [7, 11) is -1.02. The molecule has 0 aliphatic carbocycles. The van der Waals surface area contributed by atoms with Crippen molar-refractivity contribution in [3.8, 4) is 0 Å². The number of halogens is 1. The number of benzene rings is 3. The fraction of sp³-hybridized carbons (Fsp3) is 0.250. The van der Waals surface area contributed by atoms with E-state index >= 15 is 0 Å². The van der Waals surface area contributed by atoms with Gasteiger partial charge in [0.05, 0.1) is 17.5 Å². The van der Waals surface area contributed by atoms with Gasteiger partial charge in [-0.2, -0.15) is 4.31 Å². The number of rotatable bonds is 10. The van der Waals surface area contributed by atoms with E-state index in [1.807, 2.05) is 0 Å². The van der Waals surface area contributed by atoms with Crippen LogP contribution in [0.25, 0.3) is 10.8 Å². The topological polar surface area (TPSA) is 140 Å². The van der Waals surface area contributed by atoms with Gasteiger partial charge in [0.15, 0.2) is 0 Å². The molecule has 0 aromatic heterocycles. The molecule has 186 valence electrons. The molecule has 3 rings (SSSR count). The first-order valence-electron chi connectivity index (χ1n) is 10.7. The van der Waals surface area contributed by atoms with Crippen LogP contribution in [-0.2, 0) is 14.8 Å². The van der Waals surface area contributed by atoms with E-state index in [2.05, 4.69) is 5.32 Å². The third kappa shape index (κ3) is 6.70. The lowest BCUT2D eigenvalue weighted by molar-refractivity contribution is -0.129. The molecule has 0 saturated heterocycles. The molecule has 35 heavy (non-hydrogen) atoms. The highest BCUT2D eigenvalue weighted by Gasteiger charge is 2.29. The van der Waals surface area contributed by atoms with Crippen LogP contribution >= 0.6 is 11.6 Å². The zero-order valence-electron chi connectivity index (χ0n) is 19.4. The number of amides is 1. The summed E-state index contributed by atoms with van der Waals surface area (Å²) in [5.41, 5.74) is 6.68. The van der Waals surface area contributed by atoms with Crippen LogP contribution in [-0.4, -0.2) is 74.3 Å². The van der Waals surface area contributed by atoms with Crippen LogP contribution in [0.3, 0.4) is 0 Å². The van der Waals surface area contributed by atoms with Gasteiger partial charge in [-0.05, 0) is 59.3 Å². The SMILES string of the molecule is CN(C)C(=O)CN(CC(O)CNc1ccc(C(=N)N)cc1)S(=O)(=O)c1ccc2cc(Cl)ccc2c1. The van der Waals surface area contributed by atoms with Crippen LogP contribution < -0.4 is 11.1 Å². The van der Waals surface area contributed by atoms with E-state index in [1.165, 1.54) is 31.1 Å². The molecule has 5 N–H and O–H groups in total. The second kappa shape index (κ2) is 11.0. The number of hydrogen-bond acceptors (Lipinski definition) is 6. The highest BCUT2D eigenvalue weighted by atomic mass is 35.5. The Labute approximate surface area is 209 Å². The van der Waals surface area contributed by atoms with Crippen LogP contribution in [0.15, 0.2) is 65.6 Å². The van der Waals surface area contributed by atoms with Crippen LogP contribution in [0.5, 0.6) is 0 Å². The number of carbonyl (C=O) groups is 1. The minimum absolute atomic E-state index is 0.0128.